The summed E-state index contributed by atoms with van der Waals surface area (Å²) in [6, 6.07) is 0. The first-order valence-electron chi connectivity index (χ1n) is 7.14. The van der Waals surface area contributed by atoms with Crippen molar-refractivity contribution in [3.8, 4) is 0 Å². The molecule has 3 rings (SSSR count). The van der Waals surface area contributed by atoms with Gasteiger partial charge in [-0.1, -0.05) is 17.2 Å². The molecule has 2 fully saturated rings. The SMILES string of the molecule is CC(C)(C)OC(=O)C=C1CC2CC(C3COC3)=CC12. The van der Waals surface area contributed by atoms with Crippen molar-refractivity contribution >= 4 is 5.97 Å². The molecule has 0 N–H and O–H groups in total. The van der Waals surface area contributed by atoms with Gasteiger partial charge in [0.05, 0.1) is 13.2 Å². The molecule has 2 atom stereocenters. The number of carbonyl (C=O) groups is 1. The average Bonchev–Trinajstić information content (AvgIpc) is 2.48. The molecule has 0 aromatic heterocycles. The van der Waals surface area contributed by atoms with Crippen molar-refractivity contribution in [3.63, 3.8) is 0 Å². The highest BCUT2D eigenvalue weighted by atomic mass is 16.6. The van der Waals surface area contributed by atoms with Gasteiger partial charge in [0.1, 0.15) is 5.60 Å². The fourth-order valence-electron chi connectivity index (χ4n) is 3.14. The Bertz CT molecular complexity index is 449. The van der Waals surface area contributed by atoms with Gasteiger partial charge in [0.15, 0.2) is 0 Å². The molecule has 0 aromatic carbocycles. The van der Waals surface area contributed by atoms with Gasteiger partial charge in [-0.05, 0) is 39.5 Å². The Kier molecular flexibility index (Phi) is 3.05. The van der Waals surface area contributed by atoms with E-state index in [0.29, 0.717) is 11.8 Å². The molecule has 3 nitrogen and oxygen atoms in total. The maximum atomic E-state index is 11.8. The van der Waals surface area contributed by atoms with E-state index in [1.165, 1.54) is 12.0 Å². The molecule has 2 aliphatic carbocycles. The standard InChI is InChI=1S/C16H22O3/c1-16(2,3)19-15(17)7-12-5-11-4-10(6-14(11)12)13-8-18-9-13/h6-7,11,13-14H,4-5,8-9H2,1-3H3. The summed E-state index contributed by atoms with van der Waals surface area (Å²) in [6.07, 6.45) is 6.34. The van der Waals surface area contributed by atoms with E-state index in [0.717, 1.165) is 25.6 Å². The van der Waals surface area contributed by atoms with E-state index in [1.807, 2.05) is 20.8 Å². The lowest BCUT2D eigenvalue weighted by atomic mass is 9.71. The van der Waals surface area contributed by atoms with Gasteiger partial charge >= 0.3 is 5.97 Å². The summed E-state index contributed by atoms with van der Waals surface area (Å²) in [5, 5.41) is 0. The van der Waals surface area contributed by atoms with Crippen LogP contribution >= 0.6 is 0 Å². The zero-order chi connectivity index (χ0) is 13.6. The van der Waals surface area contributed by atoms with Crippen molar-refractivity contribution in [2.45, 2.75) is 39.2 Å². The summed E-state index contributed by atoms with van der Waals surface area (Å²) in [7, 11) is 0. The Morgan fingerprint density at radius 1 is 1.37 bits per heavy atom. The molecule has 2 unspecified atom stereocenters. The summed E-state index contributed by atoms with van der Waals surface area (Å²) in [5.74, 6) is 1.66. The molecule has 1 aliphatic heterocycles. The Morgan fingerprint density at radius 3 is 2.68 bits per heavy atom. The van der Waals surface area contributed by atoms with E-state index in [1.54, 1.807) is 11.6 Å². The third kappa shape index (κ3) is 2.62. The Hall–Kier alpha value is -1.09. The number of rotatable bonds is 2. The van der Waals surface area contributed by atoms with Crippen LogP contribution in [0.5, 0.6) is 0 Å². The number of hydrogen-bond acceptors (Lipinski definition) is 3. The van der Waals surface area contributed by atoms with Gasteiger partial charge in [-0.2, -0.15) is 0 Å². The number of allylic oxidation sites excluding steroid dienone is 2. The summed E-state index contributed by atoms with van der Waals surface area (Å²) in [6.45, 7) is 7.47. The van der Waals surface area contributed by atoms with Crippen molar-refractivity contribution in [3.05, 3.63) is 23.3 Å². The molecule has 0 amide bonds. The minimum Gasteiger partial charge on any atom is -0.457 e. The van der Waals surface area contributed by atoms with E-state index in [-0.39, 0.29) is 5.97 Å². The third-order valence-electron chi connectivity index (χ3n) is 4.20. The van der Waals surface area contributed by atoms with Gasteiger partial charge in [-0.15, -0.1) is 0 Å². The first-order valence-corrected chi connectivity index (χ1v) is 7.14. The monoisotopic (exact) mass is 262 g/mol. The normalized spacial score (nSPS) is 32.4. The van der Waals surface area contributed by atoms with Gasteiger partial charge in [-0.25, -0.2) is 4.79 Å². The van der Waals surface area contributed by atoms with Crippen molar-refractivity contribution in [1.82, 2.24) is 0 Å². The second kappa shape index (κ2) is 4.48. The molecule has 3 aliphatic rings. The van der Waals surface area contributed by atoms with Gasteiger partial charge < -0.3 is 9.47 Å². The lowest BCUT2D eigenvalue weighted by molar-refractivity contribution is -0.148. The number of esters is 1. The zero-order valence-corrected chi connectivity index (χ0v) is 11.9. The molecule has 1 saturated carbocycles. The number of ether oxygens (including phenoxy) is 2. The smallest absolute Gasteiger partial charge is 0.331 e. The fourth-order valence-corrected chi connectivity index (χ4v) is 3.14. The third-order valence-corrected chi connectivity index (χ3v) is 4.20. The van der Waals surface area contributed by atoms with E-state index < -0.39 is 5.60 Å². The predicted molar refractivity (Wildman–Crippen MR) is 72.5 cm³/mol. The minimum atomic E-state index is -0.406. The highest BCUT2D eigenvalue weighted by Crippen LogP contribution is 2.51. The van der Waals surface area contributed by atoms with Crippen LogP contribution in [0.25, 0.3) is 0 Å². The van der Waals surface area contributed by atoms with Crippen LogP contribution < -0.4 is 0 Å². The van der Waals surface area contributed by atoms with E-state index in [2.05, 4.69) is 6.08 Å². The Balaban J connectivity index is 1.62. The second-order valence-electron chi connectivity index (χ2n) is 6.92. The van der Waals surface area contributed by atoms with Crippen LogP contribution in [0.2, 0.25) is 0 Å². The van der Waals surface area contributed by atoms with E-state index in [4.69, 9.17) is 9.47 Å². The van der Waals surface area contributed by atoms with Crippen LogP contribution in [0.1, 0.15) is 33.6 Å². The van der Waals surface area contributed by atoms with E-state index >= 15 is 0 Å². The van der Waals surface area contributed by atoms with Crippen LogP contribution in [-0.2, 0) is 14.3 Å². The van der Waals surface area contributed by atoms with Gasteiger partial charge in [-0.3, -0.25) is 0 Å². The van der Waals surface area contributed by atoms with Gasteiger partial charge in [0.2, 0.25) is 0 Å². The van der Waals surface area contributed by atoms with Gasteiger partial charge in [0, 0.05) is 17.9 Å². The van der Waals surface area contributed by atoms with Crippen LogP contribution in [-0.4, -0.2) is 24.8 Å². The quantitative estimate of drug-likeness (QED) is 0.436. The van der Waals surface area contributed by atoms with Crippen LogP contribution in [0.15, 0.2) is 23.3 Å². The molecule has 0 bridgehead atoms. The predicted octanol–water partition coefficient (Wildman–Crippen LogP) is 2.87. The average molecular weight is 262 g/mol. The van der Waals surface area contributed by atoms with Crippen molar-refractivity contribution < 1.29 is 14.3 Å². The van der Waals surface area contributed by atoms with Crippen molar-refractivity contribution in [2.24, 2.45) is 17.8 Å². The van der Waals surface area contributed by atoms with Crippen molar-refractivity contribution in [2.75, 3.05) is 13.2 Å². The van der Waals surface area contributed by atoms with Crippen LogP contribution in [0, 0.1) is 17.8 Å². The van der Waals surface area contributed by atoms with Crippen LogP contribution in [0.3, 0.4) is 0 Å². The summed E-state index contributed by atoms with van der Waals surface area (Å²) in [5.41, 5.74) is 2.39. The lowest BCUT2D eigenvalue weighted by Crippen LogP contribution is -2.29. The lowest BCUT2D eigenvalue weighted by Gasteiger charge is -2.34. The largest absolute Gasteiger partial charge is 0.457 e. The highest BCUT2D eigenvalue weighted by Gasteiger charge is 2.42. The zero-order valence-electron chi connectivity index (χ0n) is 11.9. The summed E-state index contributed by atoms with van der Waals surface area (Å²) in [4.78, 5) is 11.8. The molecule has 0 spiro atoms. The van der Waals surface area contributed by atoms with Crippen LogP contribution in [0.4, 0.5) is 0 Å². The molecule has 19 heavy (non-hydrogen) atoms. The topological polar surface area (TPSA) is 35.5 Å². The molecule has 3 heteroatoms. The molecule has 1 saturated heterocycles. The molecule has 104 valence electrons. The summed E-state index contributed by atoms with van der Waals surface area (Å²) < 4.78 is 10.6. The number of carbonyl (C=O) groups excluding carboxylic acids is 1. The second-order valence-corrected chi connectivity index (χ2v) is 6.92. The molecular weight excluding hydrogens is 240 g/mol. The number of fused-ring (bicyclic) bond motifs is 1. The molecular formula is C16H22O3. The van der Waals surface area contributed by atoms with Gasteiger partial charge in [0.25, 0.3) is 0 Å². The molecule has 0 aromatic rings. The van der Waals surface area contributed by atoms with Crippen molar-refractivity contribution in [1.29, 1.82) is 0 Å². The highest BCUT2D eigenvalue weighted by molar-refractivity contribution is 5.83. The van der Waals surface area contributed by atoms with E-state index in [9.17, 15) is 4.79 Å². The molecule has 0 radical (unpaired) electrons. The fraction of sp³-hybridized carbons (Fsp3) is 0.688. The first kappa shape index (κ1) is 12.9. The minimum absolute atomic E-state index is 0.199. The maximum absolute atomic E-state index is 11.8. The Labute approximate surface area is 114 Å². The number of hydrogen-bond donors (Lipinski definition) is 0. The maximum Gasteiger partial charge on any atom is 0.331 e. The Morgan fingerprint density at radius 2 is 2.11 bits per heavy atom. The first-order chi connectivity index (χ1) is 8.92. The summed E-state index contributed by atoms with van der Waals surface area (Å²) >= 11 is 0. The molecule has 1 heterocycles.